The van der Waals surface area contributed by atoms with Gasteiger partial charge in [-0.15, -0.1) is 0 Å². The predicted octanol–water partition coefficient (Wildman–Crippen LogP) is 4.06. The van der Waals surface area contributed by atoms with Gasteiger partial charge < -0.3 is 15.1 Å². The van der Waals surface area contributed by atoms with Crippen molar-refractivity contribution in [2.45, 2.75) is 32.1 Å². The van der Waals surface area contributed by atoms with Crippen molar-refractivity contribution in [1.29, 1.82) is 0 Å². The zero-order valence-corrected chi connectivity index (χ0v) is 15.5. The summed E-state index contributed by atoms with van der Waals surface area (Å²) < 4.78 is 0. The first-order valence-corrected chi connectivity index (χ1v) is 9.78. The third-order valence-corrected chi connectivity index (χ3v) is 5.36. The fraction of sp³-hybridized carbons (Fsp3) is 0.364. The van der Waals surface area contributed by atoms with E-state index in [1.54, 1.807) is 11.0 Å². The molecule has 5 nitrogen and oxygen atoms in total. The van der Waals surface area contributed by atoms with Gasteiger partial charge in [0, 0.05) is 37.4 Å². The molecule has 2 fully saturated rings. The molecule has 0 atom stereocenters. The number of carbonyl (C=O) groups excluding carboxylic acids is 2. The first-order chi connectivity index (χ1) is 13.2. The van der Waals surface area contributed by atoms with Gasteiger partial charge in [0.1, 0.15) is 0 Å². The number of carbonyl (C=O) groups is 2. The molecule has 1 N–H and O–H groups in total. The van der Waals surface area contributed by atoms with Gasteiger partial charge in [-0.1, -0.05) is 12.1 Å². The Bertz CT molecular complexity index is 826. The Balaban J connectivity index is 1.49. The number of hydrogen-bond acceptors (Lipinski definition) is 3. The van der Waals surface area contributed by atoms with Crippen LogP contribution in [0.15, 0.2) is 48.5 Å². The van der Waals surface area contributed by atoms with E-state index in [1.807, 2.05) is 30.3 Å². The molecular weight excluding hydrogens is 338 g/mol. The first-order valence-electron chi connectivity index (χ1n) is 9.78. The summed E-state index contributed by atoms with van der Waals surface area (Å²) in [6.07, 6.45) is 5.18. The van der Waals surface area contributed by atoms with Crippen molar-refractivity contribution < 1.29 is 9.59 Å². The molecule has 4 rings (SSSR count). The lowest BCUT2D eigenvalue weighted by Crippen LogP contribution is -2.29. The van der Waals surface area contributed by atoms with Gasteiger partial charge in [0.15, 0.2) is 0 Å². The van der Waals surface area contributed by atoms with Crippen molar-refractivity contribution in [2.24, 2.45) is 0 Å². The van der Waals surface area contributed by atoms with Crippen molar-refractivity contribution >= 4 is 28.9 Å². The van der Waals surface area contributed by atoms with Gasteiger partial charge in [-0.2, -0.15) is 0 Å². The average Bonchev–Trinajstić information content (AvgIpc) is 3.15. The van der Waals surface area contributed by atoms with E-state index in [0.29, 0.717) is 24.2 Å². The Morgan fingerprint density at radius 1 is 0.852 bits per heavy atom. The Labute approximate surface area is 160 Å². The summed E-state index contributed by atoms with van der Waals surface area (Å²) in [7, 11) is 0. The van der Waals surface area contributed by atoms with E-state index in [4.69, 9.17) is 0 Å². The number of nitrogens with zero attached hydrogens (tertiary/aromatic N) is 2. The molecule has 0 radical (unpaired) electrons. The first kappa shape index (κ1) is 17.6. The highest BCUT2D eigenvalue weighted by Crippen LogP contribution is 2.27. The second kappa shape index (κ2) is 7.82. The molecule has 2 aromatic carbocycles. The number of para-hydroxylation sites is 1. The van der Waals surface area contributed by atoms with E-state index in [1.165, 1.54) is 24.9 Å². The minimum atomic E-state index is -0.184. The van der Waals surface area contributed by atoms with E-state index >= 15 is 0 Å². The average molecular weight is 363 g/mol. The standard InChI is InChI=1S/C22H25N3O2/c26-21-9-6-16-25(21)20-8-3-2-7-19(20)22(27)23-17-10-12-18(13-11-17)24-14-4-1-5-15-24/h2-3,7-8,10-13H,1,4-6,9,14-16H2,(H,23,27). The topological polar surface area (TPSA) is 52.7 Å². The molecular formula is C22H25N3O2. The van der Waals surface area contributed by atoms with E-state index in [2.05, 4.69) is 22.3 Å². The van der Waals surface area contributed by atoms with E-state index < -0.39 is 0 Å². The van der Waals surface area contributed by atoms with Gasteiger partial charge in [-0.25, -0.2) is 0 Å². The zero-order chi connectivity index (χ0) is 18.6. The maximum atomic E-state index is 12.8. The van der Waals surface area contributed by atoms with E-state index in [-0.39, 0.29) is 11.8 Å². The maximum Gasteiger partial charge on any atom is 0.257 e. The molecule has 27 heavy (non-hydrogen) atoms. The molecule has 140 valence electrons. The minimum absolute atomic E-state index is 0.0844. The molecule has 5 heteroatoms. The van der Waals surface area contributed by atoms with E-state index in [0.717, 1.165) is 25.2 Å². The van der Waals surface area contributed by atoms with Crippen LogP contribution in [0.5, 0.6) is 0 Å². The predicted molar refractivity (Wildman–Crippen MR) is 108 cm³/mol. The summed E-state index contributed by atoms with van der Waals surface area (Å²) in [5.41, 5.74) is 3.20. The van der Waals surface area contributed by atoms with Crippen LogP contribution in [0.4, 0.5) is 17.1 Å². The van der Waals surface area contributed by atoms with Crippen molar-refractivity contribution in [3.63, 3.8) is 0 Å². The lowest BCUT2D eigenvalue weighted by Gasteiger charge is -2.28. The van der Waals surface area contributed by atoms with Gasteiger partial charge in [-0.3, -0.25) is 9.59 Å². The number of benzene rings is 2. The molecule has 2 aliphatic rings. The van der Waals surface area contributed by atoms with Crippen LogP contribution in [0.2, 0.25) is 0 Å². The Kier molecular flexibility index (Phi) is 5.10. The zero-order valence-electron chi connectivity index (χ0n) is 15.5. The third kappa shape index (κ3) is 3.82. The molecule has 2 aromatic rings. The lowest BCUT2D eigenvalue weighted by atomic mass is 10.1. The van der Waals surface area contributed by atoms with Gasteiger partial charge >= 0.3 is 0 Å². The summed E-state index contributed by atoms with van der Waals surface area (Å²) in [5, 5.41) is 2.97. The molecule has 0 spiro atoms. The number of hydrogen-bond donors (Lipinski definition) is 1. The van der Waals surface area contributed by atoms with Gasteiger partial charge in [0.05, 0.1) is 11.3 Å². The van der Waals surface area contributed by atoms with Crippen molar-refractivity contribution in [3.8, 4) is 0 Å². The molecule has 0 aliphatic carbocycles. The van der Waals surface area contributed by atoms with Crippen LogP contribution in [0.25, 0.3) is 0 Å². The number of nitrogens with one attached hydrogen (secondary N) is 1. The second-order valence-electron chi connectivity index (χ2n) is 7.21. The van der Waals surface area contributed by atoms with Crippen LogP contribution in [-0.2, 0) is 4.79 Å². The molecule has 0 aromatic heterocycles. The third-order valence-electron chi connectivity index (χ3n) is 5.36. The second-order valence-corrected chi connectivity index (χ2v) is 7.21. The van der Waals surface area contributed by atoms with Crippen LogP contribution in [0.1, 0.15) is 42.5 Å². The summed E-state index contributed by atoms with van der Waals surface area (Å²) in [6, 6.07) is 15.4. The van der Waals surface area contributed by atoms with Crippen molar-refractivity contribution in [1.82, 2.24) is 0 Å². The van der Waals surface area contributed by atoms with Gasteiger partial charge in [0.25, 0.3) is 5.91 Å². The maximum absolute atomic E-state index is 12.8. The lowest BCUT2D eigenvalue weighted by molar-refractivity contribution is -0.117. The Morgan fingerprint density at radius 3 is 2.30 bits per heavy atom. The summed E-state index contributed by atoms with van der Waals surface area (Å²) in [6.45, 7) is 2.87. The molecule has 0 bridgehead atoms. The molecule has 2 amide bonds. The quantitative estimate of drug-likeness (QED) is 0.891. The number of anilines is 3. The highest BCUT2D eigenvalue weighted by molar-refractivity contribution is 6.11. The summed E-state index contributed by atoms with van der Waals surface area (Å²) >= 11 is 0. The van der Waals surface area contributed by atoms with Gasteiger partial charge in [-0.05, 0) is 62.1 Å². The number of piperidine rings is 1. The van der Waals surface area contributed by atoms with Crippen molar-refractivity contribution in [2.75, 3.05) is 34.8 Å². The molecule has 0 saturated carbocycles. The van der Waals surface area contributed by atoms with E-state index in [9.17, 15) is 9.59 Å². The summed E-state index contributed by atoms with van der Waals surface area (Å²) in [4.78, 5) is 29.0. The SMILES string of the molecule is O=C(Nc1ccc(N2CCCCC2)cc1)c1ccccc1N1CCCC1=O. The minimum Gasteiger partial charge on any atom is -0.372 e. The highest BCUT2D eigenvalue weighted by atomic mass is 16.2. The smallest absolute Gasteiger partial charge is 0.257 e. The fourth-order valence-corrected chi connectivity index (χ4v) is 3.91. The van der Waals surface area contributed by atoms with Crippen LogP contribution in [0.3, 0.4) is 0 Å². The van der Waals surface area contributed by atoms with Crippen LogP contribution < -0.4 is 15.1 Å². The van der Waals surface area contributed by atoms with Crippen LogP contribution >= 0.6 is 0 Å². The van der Waals surface area contributed by atoms with Crippen LogP contribution in [-0.4, -0.2) is 31.4 Å². The fourth-order valence-electron chi connectivity index (χ4n) is 3.91. The molecule has 2 saturated heterocycles. The normalized spacial score (nSPS) is 17.3. The monoisotopic (exact) mass is 363 g/mol. The largest absolute Gasteiger partial charge is 0.372 e. The van der Waals surface area contributed by atoms with Gasteiger partial charge in [0.2, 0.25) is 5.91 Å². The Morgan fingerprint density at radius 2 is 1.59 bits per heavy atom. The Hall–Kier alpha value is -2.82. The molecule has 2 heterocycles. The molecule has 0 unspecified atom stereocenters. The number of amides is 2. The van der Waals surface area contributed by atoms with Crippen molar-refractivity contribution in [3.05, 3.63) is 54.1 Å². The highest BCUT2D eigenvalue weighted by Gasteiger charge is 2.25. The number of rotatable bonds is 4. The summed E-state index contributed by atoms with van der Waals surface area (Å²) in [5.74, 6) is -0.0999. The molecule has 2 aliphatic heterocycles. The van der Waals surface area contributed by atoms with Crippen LogP contribution in [0, 0.1) is 0 Å².